The molecule has 0 amide bonds. The highest BCUT2D eigenvalue weighted by atomic mass is 16.3. The summed E-state index contributed by atoms with van der Waals surface area (Å²) in [6.07, 6.45) is 0. The van der Waals surface area contributed by atoms with Crippen LogP contribution >= 0.6 is 0 Å². The van der Waals surface area contributed by atoms with Crippen LogP contribution < -0.4 is 0 Å². The van der Waals surface area contributed by atoms with Gasteiger partial charge in [-0.25, -0.2) is 0 Å². The molecular weight excluding hydrogens is 202 g/mol. The summed E-state index contributed by atoms with van der Waals surface area (Å²) in [4.78, 5) is 2.02. The molecule has 0 saturated heterocycles. The maximum Gasteiger partial charge on any atom is 0.0558 e. The van der Waals surface area contributed by atoms with Gasteiger partial charge in [-0.15, -0.1) is 0 Å². The van der Waals surface area contributed by atoms with Crippen molar-refractivity contribution in [3.63, 3.8) is 0 Å². The van der Waals surface area contributed by atoms with Crippen LogP contribution in [0, 0.1) is 0 Å². The van der Waals surface area contributed by atoms with Crippen molar-refractivity contribution in [3.8, 4) is 0 Å². The van der Waals surface area contributed by atoms with Crippen LogP contribution in [0.5, 0.6) is 0 Å². The van der Waals surface area contributed by atoms with E-state index >= 15 is 0 Å². The van der Waals surface area contributed by atoms with Crippen molar-refractivity contribution in [1.29, 1.82) is 0 Å². The first kappa shape index (κ1) is 15.1. The third kappa shape index (κ3) is 6.56. The summed E-state index contributed by atoms with van der Waals surface area (Å²) in [5.41, 5.74) is 1.20. The van der Waals surface area contributed by atoms with E-state index in [-0.39, 0.29) is 13.2 Å². The second-order valence-corrected chi connectivity index (χ2v) is 3.21. The normalized spacial score (nSPS) is 9.81. The number of benzene rings is 1. The fourth-order valence-electron chi connectivity index (χ4n) is 1.39. The van der Waals surface area contributed by atoms with Crippen molar-refractivity contribution in [2.75, 3.05) is 26.3 Å². The van der Waals surface area contributed by atoms with Crippen LogP contribution in [0.2, 0.25) is 0 Å². The molecule has 0 radical (unpaired) electrons. The van der Waals surface area contributed by atoms with Crippen molar-refractivity contribution < 1.29 is 10.2 Å². The lowest BCUT2D eigenvalue weighted by atomic mass is 10.2. The SMILES string of the molecule is CC.OCCN(CCO)Cc1ccccc1. The Bertz CT molecular complexity index is 233. The fraction of sp³-hybridized carbons (Fsp3) is 0.538. The summed E-state index contributed by atoms with van der Waals surface area (Å²) < 4.78 is 0. The standard InChI is InChI=1S/C11H17NO2.C2H6/c13-8-6-12(7-9-14)10-11-4-2-1-3-5-11;1-2/h1-5,13-14H,6-10H2;1-2H3. The first-order valence-electron chi connectivity index (χ1n) is 5.85. The van der Waals surface area contributed by atoms with E-state index in [1.165, 1.54) is 5.56 Å². The molecule has 0 unspecified atom stereocenters. The van der Waals surface area contributed by atoms with E-state index in [1.807, 2.05) is 49.1 Å². The summed E-state index contributed by atoms with van der Waals surface area (Å²) >= 11 is 0. The highest BCUT2D eigenvalue weighted by Gasteiger charge is 2.03. The third-order valence-corrected chi connectivity index (χ3v) is 2.08. The van der Waals surface area contributed by atoms with Crippen LogP contribution in [0.25, 0.3) is 0 Å². The Morgan fingerprint density at radius 1 is 0.938 bits per heavy atom. The predicted octanol–water partition coefficient (Wildman–Crippen LogP) is 1.50. The maximum absolute atomic E-state index is 8.82. The smallest absolute Gasteiger partial charge is 0.0558 e. The molecular formula is C13H23NO2. The average Bonchev–Trinajstić information content (AvgIpc) is 2.34. The minimum absolute atomic E-state index is 0.132. The lowest BCUT2D eigenvalue weighted by molar-refractivity contribution is 0.156. The molecule has 3 heteroatoms. The molecule has 0 heterocycles. The van der Waals surface area contributed by atoms with Crippen molar-refractivity contribution in [1.82, 2.24) is 4.90 Å². The van der Waals surface area contributed by atoms with Crippen molar-refractivity contribution in [3.05, 3.63) is 35.9 Å². The topological polar surface area (TPSA) is 43.7 Å². The van der Waals surface area contributed by atoms with E-state index in [0.29, 0.717) is 13.1 Å². The Balaban J connectivity index is 0.00000106. The fourth-order valence-corrected chi connectivity index (χ4v) is 1.39. The van der Waals surface area contributed by atoms with E-state index < -0.39 is 0 Å². The molecule has 0 aliphatic carbocycles. The van der Waals surface area contributed by atoms with Gasteiger partial charge in [-0.3, -0.25) is 4.90 Å². The zero-order valence-electron chi connectivity index (χ0n) is 10.3. The van der Waals surface area contributed by atoms with Crippen LogP contribution in [0.1, 0.15) is 19.4 Å². The van der Waals surface area contributed by atoms with Gasteiger partial charge >= 0.3 is 0 Å². The highest BCUT2D eigenvalue weighted by Crippen LogP contribution is 2.03. The van der Waals surface area contributed by atoms with Gasteiger partial charge in [-0.05, 0) is 5.56 Å². The molecule has 0 aromatic heterocycles. The molecule has 1 rings (SSSR count). The molecule has 0 atom stereocenters. The molecule has 92 valence electrons. The average molecular weight is 225 g/mol. The Hall–Kier alpha value is -0.900. The molecule has 0 aliphatic heterocycles. The van der Waals surface area contributed by atoms with Crippen molar-refractivity contribution in [2.24, 2.45) is 0 Å². The Labute approximate surface area is 98.3 Å². The van der Waals surface area contributed by atoms with Gasteiger partial charge in [0.2, 0.25) is 0 Å². The van der Waals surface area contributed by atoms with Gasteiger partial charge in [0.25, 0.3) is 0 Å². The third-order valence-electron chi connectivity index (χ3n) is 2.08. The molecule has 0 bridgehead atoms. The van der Waals surface area contributed by atoms with Crippen LogP contribution in [0.15, 0.2) is 30.3 Å². The summed E-state index contributed by atoms with van der Waals surface area (Å²) in [7, 11) is 0. The van der Waals surface area contributed by atoms with Crippen LogP contribution in [-0.4, -0.2) is 41.4 Å². The van der Waals surface area contributed by atoms with Gasteiger partial charge in [-0.1, -0.05) is 44.2 Å². The monoisotopic (exact) mass is 225 g/mol. The predicted molar refractivity (Wildman–Crippen MR) is 67.2 cm³/mol. The van der Waals surface area contributed by atoms with E-state index in [0.717, 1.165) is 6.54 Å². The molecule has 3 nitrogen and oxygen atoms in total. The van der Waals surface area contributed by atoms with Crippen LogP contribution in [-0.2, 0) is 6.54 Å². The summed E-state index contributed by atoms with van der Waals surface area (Å²) in [6.45, 7) is 6.26. The van der Waals surface area contributed by atoms with Crippen molar-refractivity contribution in [2.45, 2.75) is 20.4 Å². The first-order valence-corrected chi connectivity index (χ1v) is 5.85. The van der Waals surface area contributed by atoms with Gasteiger partial charge in [0.15, 0.2) is 0 Å². The number of hydrogen-bond acceptors (Lipinski definition) is 3. The largest absolute Gasteiger partial charge is 0.395 e. The van der Waals surface area contributed by atoms with Crippen molar-refractivity contribution >= 4 is 0 Å². The number of aliphatic hydroxyl groups is 2. The highest BCUT2D eigenvalue weighted by molar-refractivity contribution is 5.14. The van der Waals surface area contributed by atoms with Gasteiger partial charge in [0, 0.05) is 19.6 Å². The Kier molecular flexibility index (Phi) is 10.0. The number of nitrogens with zero attached hydrogens (tertiary/aromatic N) is 1. The van der Waals surface area contributed by atoms with Gasteiger partial charge < -0.3 is 10.2 Å². The second-order valence-electron chi connectivity index (χ2n) is 3.21. The first-order chi connectivity index (χ1) is 7.86. The Morgan fingerprint density at radius 3 is 1.88 bits per heavy atom. The molecule has 1 aromatic carbocycles. The zero-order valence-corrected chi connectivity index (χ0v) is 10.3. The Morgan fingerprint density at radius 2 is 1.44 bits per heavy atom. The lowest BCUT2D eigenvalue weighted by Gasteiger charge is -2.19. The quantitative estimate of drug-likeness (QED) is 0.771. The van der Waals surface area contributed by atoms with Gasteiger partial charge in [-0.2, -0.15) is 0 Å². The minimum atomic E-state index is 0.132. The lowest BCUT2D eigenvalue weighted by Crippen LogP contribution is -2.29. The summed E-state index contributed by atoms with van der Waals surface area (Å²) in [6, 6.07) is 10.0. The summed E-state index contributed by atoms with van der Waals surface area (Å²) in [5, 5.41) is 17.6. The number of aliphatic hydroxyl groups excluding tert-OH is 2. The maximum atomic E-state index is 8.82. The van der Waals surface area contributed by atoms with Gasteiger partial charge in [0.05, 0.1) is 13.2 Å². The van der Waals surface area contributed by atoms with E-state index in [1.54, 1.807) is 0 Å². The van der Waals surface area contributed by atoms with Crippen LogP contribution in [0.4, 0.5) is 0 Å². The molecule has 1 aromatic rings. The zero-order chi connectivity index (χ0) is 12.2. The van der Waals surface area contributed by atoms with E-state index in [2.05, 4.69) is 0 Å². The molecule has 0 saturated carbocycles. The molecule has 16 heavy (non-hydrogen) atoms. The molecule has 0 aliphatic rings. The number of hydrogen-bond donors (Lipinski definition) is 2. The molecule has 0 spiro atoms. The van der Waals surface area contributed by atoms with Gasteiger partial charge in [0.1, 0.15) is 0 Å². The molecule has 0 fully saturated rings. The van der Waals surface area contributed by atoms with E-state index in [9.17, 15) is 0 Å². The molecule has 2 N–H and O–H groups in total. The minimum Gasteiger partial charge on any atom is -0.395 e. The number of rotatable bonds is 6. The van der Waals surface area contributed by atoms with Crippen LogP contribution in [0.3, 0.4) is 0 Å². The second kappa shape index (κ2) is 10.6. The van der Waals surface area contributed by atoms with E-state index in [4.69, 9.17) is 10.2 Å². The summed E-state index contributed by atoms with van der Waals surface area (Å²) in [5.74, 6) is 0.